The fourth-order valence-electron chi connectivity index (χ4n) is 2.42. The van der Waals surface area contributed by atoms with Crippen LogP contribution in [0.3, 0.4) is 0 Å². The molecule has 1 aromatic carbocycles. The SMILES string of the molecule is COc1ccc(CNC2CCCC2C#N)c(O)c1. The van der Waals surface area contributed by atoms with E-state index in [0.717, 1.165) is 24.8 Å². The number of hydrogen-bond acceptors (Lipinski definition) is 4. The molecule has 2 rings (SSSR count). The van der Waals surface area contributed by atoms with Crippen LogP contribution in [-0.4, -0.2) is 18.3 Å². The Bertz CT molecular complexity index is 454. The van der Waals surface area contributed by atoms with Gasteiger partial charge < -0.3 is 15.2 Å². The molecule has 2 atom stereocenters. The third-order valence-electron chi connectivity index (χ3n) is 3.53. The van der Waals surface area contributed by atoms with Crippen molar-refractivity contribution in [1.29, 1.82) is 5.26 Å². The van der Waals surface area contributed by atoms with Crippen molar-refractivity contribution in [2.45, 2.75) is 31.8 Å². The second kappa shape index (κ2) is 5.74. The number of benzene rings is 1. The van der Waals surface area contributed by atoms with E-state index in [2.05, 4.69) is 11.4 Å². The van der Waals surface area contributed by atoms with Crippen LogP contribution >= 0.6 is 0 Å². The summed E-state index contributed by atoms with van der Waals surface area (Å²) in [6.45, 7) is 0.582. The first-order chi connectivity index (χ1) is 8.74. The zero-order valence-corrected chi connectivity index (χ0v) is 10.5. The second-order valence-electron chi connectivity index (χ2n) is 4.65. The summed E-state index contributed by atoms with van der Waals surface area (Å²) in [5.41, 5.74) is 0.833. The number of phenols is 1. The Hall–Kier alpha value is -1.73. The van der Waals surface area contributed by atoms with Crippen LogP contribution in [0.25, 0.3) is 0 Å². The Morgan fingerprint density at radius 1 is 1.50 bits per heavy atom. The predicted octanol–water partition coefficient (Wildman–Crippen LogP) is 2.18. The van der Waals surface area contributed by atoms with Gasteiger partial charge in [-0.25, -0.2) is 0 Å². The van der Waals surface area contributed by atoms with Crippen molar-refractivity contribution in [2.75, 3.05) is 7.11 Å². The van der Waals surface area contributed by atoms with E-state index in [-0.39, 0.29) is 17.7 Å². The number of ether oxygens (including phenoxy) is 1. The van der Waals surface area contributed by atoms with E-state index >= 15 is 0 Å². The van der Waals surface area contributed by atoms with Crippen molar-refractivity contribution in [2.24, 2.45) is 5.92 Å². The summed E-state index contributed by atoms with van der Waals surface area (Å²) in [6, 6.07) is 7.86. The molecular weight excluding hydrogens is 228 g/mol. The second-order valence-corrected chi connectivity index (χ2v) is 4.65. The Morgan fingerprint density at radius 2 is 2.33 bits per heavy atom. The highest BCUT2D eigenvalue weighted by atomic mass is 16.5. The molecule has 96 valence electrons. The zero-order valence-electron chi connectivity index (χ0n) is 10.5. The third kappa shape index (κ3) is 2.74. The Kier molecular flexibility index (Phi) is 4.06. The highest BCUT2D eigenvalue weighted by Gasteiger charge is 2.26. The van der Waals surface area contributed by atoms with E-state index in [1.54, 1.807) is 13.2 Å². The van der Waals surface area contributed by atoms with Gasteiger partial charge >= 0.3 is 0 Å². The summed E-state index contributed by atoms with van der Waals surface area (Å²) in [6.07, 6.45) is 3.11. The number of nitriles is 1. The van der Waals surface area contributed by atoms with Gasteiger partial charge in [-0.05, 0) is 18.9 Å². The number of methoxy groups -OCH3 is 1. The number of hydrogen-bond donors (Lipinski definition) is 2. The van der Waals surface area contributed by atoms with E-state index < -0.39 is 0 Å². The molecule has 0 heterocycles. The first-order valence-corrected chi connectivity index (χ1v) is 6.23. The molecule has 0 aromatic heterocycles. The standard InChI is InChI=1S/C14H18N2O2/c1-18-12-6-5-11(14(17)7-12)9-16-13-4-2-3-10(13)8-15/h5-7,10,13,16-17H,2-4,9H2,1H3. The lowest BCUT2D eigenvalue weighted by molar-refractivity contribution is 0.404. The van der Waals surface area contributed by atoms with Crippen LogP contribution in [0, 0.1) is 17.2 Å². The highest BCUT2D eigenvalue weighted by Crippen LogP contribution is 2.27. The summed E-state index contributed by atoms with van der Waals surface area (Å²) < 4.78 is 5.04. The van der Waals surface area contributed by atoms with Crippen molar-refractivity contribution in [1.82, 2.24) is 5.32 Å². The van der Waals surface area contributed by atoms with Gasteiger partial charge in [-0.1, -0.05) is 12.5 Å². The summed E-state index contributed by atoms with van der Waals surface area (Å²) in [5, 5.41) is 22.2. The Labute approximate surface area is 107 Å². The normalized spacial score (nSPS) is 22.7. The van der Waals surface area contributed by atoms with Crippen molar-refractivity contribution < 1.29 is 9.84 Å². The molecule has 0 amide bonds. The molecule has 0 radical (unpaired) electrons. The number of nitrogens with zero attached hydrogens (tertiary/aromatic N) is 1. The third-order valence-corrected chi connectivity index (χ3v) is 3.53. The van der Waals surface area contributed by atoms with Gasteiger partial charge in [0.25, 0.3) is 0 Å². The Morgan fingerprint density at radius 3 is 3.00 bits per heavy atom. The van der Waals surface area contributed by atoms with Crippen LogP contribution in [-0.2, 0) is 6.54 Å². The topological polar surface area (TPSA) is 65.3 Å². The average molecular weight is 246 g/mol. The van der Waals surface area contributed by atoms with Crippen molar-refractivity contribution in [3.8, 4) is 17.6 Å². The van der Waals surface area contributed by atoms with E-state index in [1.807, 2.05) is 12.1 Å². The molecule has 2 N–H and O–H groups in total. The molecule has 0 saturated heterocycles. The predicted molar refractivity (Wildman–Crippen MR) is 68.2 cm³/mol. The summed E-state index contributed by atoms with van der Waals surface area (Å²) in [4.78, 5) is 0. The molecule has 2 unspecified atom stereocenters. The van der Waals surface area contributed by atoms with Crippen LogP contribution in [0.15, 0.2) is 18.2 Å². The van der Waals surface area contributed by atoms with Crippen molar-refractivity contribution >= 4 is 0 Å². The van der Waals surface area contributed by atoms with Gasteiger partial charge in [0.05, 0.1) is 19.1 Å². The molecule has 0 bridgehead atoms. The van der Waals surface area contributed by atoms with E-state index in [0.29, 0.717) is 12.3 Å². The molecule has 1 aliphatic carbocycles. The van der Waals surface area contributed by atoms with Gasteiger partial charge in [-0.15, -0.1) is 0 Å². The molecule has 4 heteroatoms. The van der Waals surface area contributed by atoms with Crippen molar-refractivity contribution in [3.63, 3.8) is 0 Å². The van der Waals surface area contributed by atoms with Gasteiger partial charge in [0.1, 0.15) is 11.5 Å². The molecule has 0 aliphatic heterocycles. The number of rotatable bonds is 4. The maximum atomic E-state index is 9.83. The summed E-state index contributed by atoms with van der Waals surface area (Å²) in [5.74, 6) is 0.978. The highest BCUT2D eigenvalue weighted by molar-refractivity contribution is 5.39. The molecule has 1 saturated carbocycles. The maximum Gasteiger partial charge on any atom is 0.123 e. The van der Waals surface area contributed by atoms with E-state index in [1.165, 1.54) is 0 Å². The molecule has 0 spiro atoms. The van der Waals surface area contributed by atoms with Gasteiger partial charge in [-0.3, -0.25) is 0 Å². The minimum Gasteiger partial charge on any atom is -0.507 e. The monoisotopic (exact) mass is 246 g/mol. The number of nitrogens with one attached hydrogen (secondary N) is 1. The lowest BCUT2D eigenvalue weighted by atomic mass is 10.1. The lowest BCUT2D eigenvalue weighted by Crippen LogP contribution is -2.31. The fraction of sp³-hybridized carbons (Fsp3) is 0.500. The number of aromatic hydroxyl groups is 1. The van der Waals surface area contributed by atoms with Crippen LogP contribution in [0.5, 0.6) is 11.5 Å². The average Bonchev–Trinajstić information content (AvgIpc) is 2.84. The quantitative estimate of drug-likeness (QED) is 0.854. The minimum atomic E-state index is 0.102. The molecule has 4 nitrogen and oxygen atoms in total. The van der Waals surface area contributed by atoms with Crippen LogP contribution in [0.4, 0.5) is 0 Å². The van der Waals surface area contributed by atoms with E-state index in [4.69, 9.17) is 10.00 Å². The van der Waals surface area contributed by atoms with Gasteiger partial charge in [0.2, 0.25) is 0 Å². The largest absolute Gasteiger partial charge is 0.507 e. The lowest BCUT2D eigenvalue weighted by Gasteiger charge is -2.16. The first kappa shape index (κ1) is 12.7. The smallest absolute Gasteiger partial charge is 0.123 e. The molecule has 18 heavy (non-hydrogen) atoms. The van der Waals surface area contributed by atoms with E-state index in [9.17, 15) is 5.11 Å². The molecular formula is C14H18N2O2. The summed E-state index contributed by atoms with van der Waals surface area (Å²) >= 11 is 0. The number of phenolic OH excluding ortho intramolecular Hbond substituents is 1. The molecule has 1 fully saturated rings. The maximum absolute atomic E-state index is 9.83. The fourth-order valence-corrected chi connectivity index (χ4v) is 2.42. The molecule has 1 aromatic rings. The molecule has 1 aliphatic rings. The van der Waals surface area contributed by atoms with Crippen LogP contribution in [0.1, 0.15) is 24.8 Å². The van der Waals surface area contributed by atoms with Gasteiger partial charge in [0, 0.05) is 24.2 Å². The Balaban J connectivity index is 1.96. The van der Waals surface area contributed by atoms with Gasteiger partial charge in [-0.2, -0.15) is 5.26 Å². The zero-order chi connectivity index (χ0) is 13.0. The van der Waals surface area contributed by atoms with Gasteiger partial charge in [0.15, 0.2) is 0 Å². The summed E-state index contributed by atoms with van der Waals surface area (Å²) in [7, 11) is 1.57. The minimum absolute atomic E-state index is 0.102. The first-order valence-electron chi connectivity index (χ1n) is 6.23. The van der Waals surface area contributed by atoms with Crippen LogP contribution in [0.2, 0.25) is 0 Å². The van der Waals surface area contributed by atoms with Crippen molar-refractivity contribution in [3.05, 3.63) is 23.8 Å². The van der Waals surface area contributed by atoms with Crippen LogP contribution < -0.4 is 10.1 Å².